The Labute approximate surface area is 176 Å². The quantitative estimate of drug-likeness (QED) is 0.430. The van der Waals surface area contributed by atoms with Gasteiger partial charge in [-0.2, -0.15) is 0 Å². The summed E-state index contributed by atoms with van der Waals surface area (Å²) in [6, 6.07) is 0. The normalized spacial score (nSPS) is 47.9. The molecule has 0 spiro atoms. The highest BCUT2D eigenvalue weighted by Gasteiger charge is 2.66. The fourth-order valence-electron chi connectivity index (χ4n) is 8.65. The van der Waals surface area contributed by atoms with E-state index in [2.05, 4.69) is 46.8 Å². The van der Waals surface area contributed by atoms with E-state index in [1.807, 2.05) is 6.08 Å². The van der Waals surface area contributed by atoms with E-state index in [0.717, 1.165) is 18.6 Å². The van der Waals surface area contributed by atoms with Crippen molar-refractivity contribution in [2.45, 2.75) is 86.2 Å². The first-order chi connectivity index (χ1) is 13.5. The molecule has 7 atom stereocenters. The molecule has 0 radical (unpaired) electrons. The second-order valence-electron chi connectivity index (χ2n) is 11.8. The van der Waals surface area contributed by atoms with E-state index >= 15 is 0 Å². The molecule has 4 rings (SSSR count). The molecule has 0 aromatic rings. The summed E-state index contributed by atoms with van der Waals surface area (Å²) in [7, 11) is 0. The van der Waals surface area contributed by atoms with Gasteiger partial charge in [-0.15, -0.1) is 0 Å². The Morgan fingerprint density at radius 3 is 2.45 bits per heavy atom. The summed E-state index contributed by atoms with van der Waals surface area (Å²) < 4.78 is 5.99. The summed E-state index contributed by atoms with van der Waals surface area (Å²) in [5.41, 5.74) is 1.19. The number of fused-ring (bicyclic) bond motifs is 5. The third-order valence-corrected chi connectivity index (χ3v) is 9.77. The van der Waals surface area contributed by atoms with Gasteiger partial charge in [0.1, 0.15) is 12.4 Å². The first kappa shape index (κ1) is 20.9. The van der Waals surface area contributed by atoms with Gasteiger partial charge in [0.15, 0.2) is 0 Å². The molecule has 0 amide bonds. The number of hydrogen-bond donors (Lipinski definition) is 0. The van der Waals surface area contributed by atoms with Crippen molar-refractivity contribution in [3.8, 4) is 0 Å². The highest BCUT2D eigenvalue weighted by Crippen LogP contribution is 2.71. The standard InChI is InChI=1S/C26H38O3/c1-17(28)29-22-14-21-24(4)12-7-11-23(2,3)19(24)10-13-25(21,5)20-9-8-18(16-27)15-26(20,22)6/h8-9,15-16,19-22H,7,10-14H2,1-6H3. The van der Waals surface area contributed by atoms with Crippen LogP contribution in [0.2, 0.25) is 0 Å². The fourth-order valence-corrected chi connectivity index (χ4v) is 8.65. The Kier molecular flexibility index (Phi) is 4.72. The maximum atomic E-state index is 12.1. The van der Waals surface area contributed by atoms with Gasteiger partial charge in [-0.3, -0.25) is 9.59 Å². The van der Waals surface area contributed by atoms with Gasteiger partial charge in [0.05, 0.1) is 0 Å². The van der Waals surface area contributed by atoms with Gasteiger partial charge in [-0.05, 0) is 66.1 Å². The lowest BCUT2D eigenvalue weighted by atomic mass is 9.36. The molecular weight excluding hydrogens is 360 g/mol. The van der Waals surface area contributed by atoms with E-state index in [-0.39, 0.29) is 34.2 Å². The minimum atomic E-state index is -0.324. The van der Waals surface area contributed by atoms with Crippen molar-refractivity contribution in [3.05, 3.63) is 23.8 Å². The van der Waals surface area contributed by atoms with Crippen molar-refractivity contribution in [2.24, 2.45) is 39.4 Å². The van der Waals surface area contributed by atoms with Crippen molar-refractivity contribution in [1.29, 1.82) is 0 Å². The van der Waals surface area contributed by atoms with Crippen LogP contribution < -0.4 is 0 Å². The van der Waals surface area contributed by atoms with E-state index in [0.29, 0.717) is 16.9 Å². The first-order valence-corrected chi connectivity index (χ1v) is 11.5. The van der Waals surface area contributed by atoms with Crippen LogP contribution in [0.15, 0.2) is 23.8 Å². The SMILES string of the molecule is CC(=O)OC1CC2C3(C)CCCC(C)(C)C3CCC2(C)C2C=CC(C=O)=CC12C. The van der Waals surface area contributed by atoms with Gasteiger partial charge < -0.3 is 4.74 Å². The van der Waals surface area contributed by atoms with Crippen LogP contribution in [0, 0.1) is 39.4 Å². The van der Waals surface area contributed by atoms with E-state index in [1.54, 1.807) is 0 Å². The molecule has 3 heteroatoms. The summed E-state index contributed by atoms with van der Waals surface area (Å²) in [6.45, 7) is 13.7. The average Bonchev–Trinajstić information content (AvgIpc) is 2.61. The molecule has 0 heterocycles. The lowest BCUT2D eigenvalue weighted by Crippen LogP contribution is -2.64. The zero-order chi connectivity index (χ0) is 21.2. The largest absolute Gasteiger partial charge is 0.462 e. The van der Waals surface area contributed by atoms with Crippen LogP contribution in [0.25, 0.3) is 0 Å². The molecule has 3 nitrogen and oxygen atoms in total. The Hall–Kier alpha value is -1.38. The summed E-state index contributed by atoms with van der Waals surface area (Å²) in [6.07, 6.45) is 14.4. The number of rotatable bonds is 2. The van der Waals surface area contributed by atoms with Gasteiger partial charge in [0.25, 0.3) is 0 Å². The zero-order valence-electron chi connectivity index (χ0n) is 19.1. The number of aldehydes is 1. The number of carbonyl (C=O) groups is 2. The molecule has 160 valence electrons. The molecule has 29 heavy (non-hydrogen) atoms. The second-order valence-corrected chi connectivity index (χ2v) is 11.8. The van der Waals surface area contributed by atoms with Crippen molar-refractivity contribution < 1.29 is 14.3 Å². The predicted molar refractivity (Wildman–Crippen MR) is 115 cm³/mol. The number of ether oxygens (including phenoxy) is 1. The maximum absolute atomic E-state index is 12.1. The Morgan fingerprint density at radius 1 is 1.07 bits per heavy atom. The Morgan fingerprint density at radius 2 is 1.79 bits per heavy atom. The number of esters is 1. The number of allylic oxidation sites excluding steroid dienone is 3. The smallest absolute Gasteiger partial charge is 0.302 e. The topological polar surface area (TPSA) is 43.4 Å². The third-order valence-electron chi connectivity index (χ3n) is 9.77. The minimum Gasteiger partial charge on any atom is -0.462 e. The van der Waals surface area contributed by atoms with Crippen molar-refractivity contribution in [2.75, 3.05) is 0 Å². The molecule has 0 aliphatic heterocycles. The van der Waals surface area contributed by atoms with E-state index in [4.69, 9.17) is 4.74 Å². The zero-order valence-corrected chi connectivity index (χ0v) is 19.1. The van der Waals surface area contributed by atoms with Crippen molar-refractivity contribution >= 4 is 12.3 Å². The van der Waals surface area contributed by atoms with Gasteiger partial charge >= 0.3 is 5.97 Å². The molecule has 0 N–H and O–H groups in total. The summed E-state index contributed by atoms with van der Waals surface area (Å²) >= 11 is 0. The van der Waals surface area contributed by atoms with Gasteiger partial charge in [-0.25, -0.2) is 0 Å². The van der Waals surface area contributed by atoms with Gasteiger partial charge in [0.2, 0.25) is 0 Å². The van der Waals surface area contributed by atoms with Gasteiger partial charge in [-0.1, -0.05) is 59.3 Å². The first-order valence-electron chi connectivity index (χ1n) is 11.5. The summed E-state index contributed by atoms with van der Waals surface area (Å²) in [5.74, 6) is 1.31. The molecule has 0 aromatic carbocycles. The third kappa shape index (κ3) is 2.90. The minimum absolute atomic E-state index is 0.158. The molecule has 7 unspecified atom stereocenters. The molecule has 4 aliphatic rings. The van der Waals surface area contributed by atoms with Crippen LogP contribution in [0.3, 0.4) is 0 Å². The van der Waals surface area contributed by atoms with Crippen molar-refractivity contribution in [1.82, 2.24) is 0 Å². The number of carbonyl (C=O) groups excluding carboxylic acids is 2. The number of hydrogen-bond acceptors (Lipinski definition) is 3. The maximum Gasteiger partial charge on any atom is 0.302 e. The molecule has 4 aliphatic carbocycles. The average molecular weight is 399 g/mol. The molecule has 3 saturated carbocycles. The van der Waals surface area contributed by atoms with Crippen LogP contribution in [0.5, 0.6) is 0 Å². The van der Waals surface area contributed by atoms with Crippen LogP contribution >= 0.6 is 0 Å². The van der Waals surface area contributed by atoms with Crippen LogP contribution in [-0.2, 0) is 14.3 Å². The summed E-state index contributed by atoms with van der Waals surface area (Å²) in [5, 5.41) is 0. The molecular formula is C26H38O3. The molecule has 0 bridgehead atoms. The van der Waals surface area contributed by atoms with Crippen LogP contribution in [0.4, 0.5) is 0 Å². The monoisotopic (exact) mass is 398 g/mol. The summed E-state index contributed by atoms with van der Waals surface area (Å²) in [4.78, 5) is 23.6. The lowest BCUT2D eigenvalue weighted by molar-refractivity contribution is -0.212. The van der Waals surface area contributed by atoms with E-state index in [9.17, 15) is 9.59 Å². The Bertz CT molecular complexity index is 777. The molecule has 0 aromatic heterocycles. The van der Waals surface area contributed by atoms with Crippen molar-refractivity contribution in [3.63, 3.8) is 0 Å². The highest BCUT2D eigenvalue weighted by atomic mass is 16.5. The highest BCUT2D eigenvalue weighted by molar-refractivity contribution is 5.78. The second kappa shape index (κ2) is 6.56. The fraction of sp³-hybridized carbons (Fsp3) is 0.769. The molecule has 3 fully saturated rings. The molecule has 0 saturated heterocycles. The van der Waals surface area contributed by atoms with Crippen LogP contribution in [-0.4, -0.2) is 18.4 Å². The Balaban J connectivity index is 1.82. The van der Waals surface area contributed by atoms with Gasteiger partial charge in [0, 0.05) is 17.9 Å². The van der Waals surface area contributed by atoms with Crippen LogP contribution in [0.1, 0.15) is 80.1 Å². The van der Waals surface area contributed by atoms with E-state index < -0.39 is 0 Å². The van der Waals surface area contributed by atoms with E-state index in [1.165, 1.54) is 39.0 Å². The predicted octanol–water partition coefficient (Wildman–Crippen LogP) is 5.89. The lowest BCUT2D eigenvalue weighted by Gasteiger charge is -2.69.